The largest absolute Gasteiger partial charge is 0.340 e. The minimum atomic E-state index is -0.180. The number of hydrogen-bond acceptors (Lipinski definition) is 5. The molecule has 0 aliphatic carbocycles. The summed E-state index contributed by atoms with van der Waals surface area (Å²) in [5.74, 6) is 0.446. The van der Waals surface area contributed by atoms with E-state index in [0.717, 1.165) is 38.4 Å². The molecule has 0 saturated carbocycles. The van der Waals surface area contributed by atoms with Gasteiger partial charge < -0.3 is 15.5 Å². The summed E-state index contributed by atoms with van der Waals surface area (Å²) in [6, 6.07) is 5.56. The number of halogens is 2. The van der Waals surface area contributed by atoms with Gasteiger partial charge in [-0.1, -0.05) is 30.7 Å². The van der Waals surface area contributed by atoms with Gasteiger partial charge in [0.1, 0.15) is 12.1 Å². The van der Waals surface area contributed by atoms with Crippen molar-refractivity contribution in [2.75, 3.05) is 26.0 Å². The number of allylic oxidation sites excluding steroid dienone is 2. The molecule has 1 amide bonds. The van der Waals surface area contributed by atoms with Crippen LogP contribution in [0.5, 0.6) is 0 Å². The van der Waals surface area contributed by atoms with Crippen molar-refractivity contribution in [1.29, 1.82) is 0 Å². The third kappa shape index (κ3) is 7.58. The van der Waals surface area contributed by atoms with Crippen LogP contribution in [-0.2, 0) is 4.79 Å². The Labute approximate surface area is 202 Å². The third-order valence-corrected chi connectivity index (χ3v) is 5.86. The molecule has 1 heterocycles. The zero-order valence-corrected chi connectivity index (χ0v) is 21.4. The van der Waals surface area contributed by atoms with E-state index in [9.17, 15) is 4.79 Å². The van der Waals surface area contributed by atoms with Crippen molar-refractivity contribution >= 4 is 57.1 Å². The number of carbonyl (C=O) groups is 1. The van der Waals surface area contributed by atoms with Crippen molar-refractivity contribution in [1.82, 2.24) is 20.2 Å². The van der Waals surface area contributed by atoms with Crippen LogP contribution in [0.1, 0.15) is 27.2 Å². The summed E-state index contributed by atoms with van der Waals surface area (Å²) in [6.07, 6.45) is 9.51. The summed E-state index contributed by atoms with van der Waals surface area (Å²) in [4.78, 5) is 23.3. The first kappa shape index (κ1) is 25.8. The average Bonchev–Trinajstić information content (AvgIpc) is 2.75. The van der Waals surface area contributed by atoms with Gasteiger partial charge in [0, 0.05) is 33.7 Å². The molecule has 2 rings (SSSR count). The molecule has 1 aromatic heterocycles. The van der Waals surface area contributed by atoms with Crippen molar-refractivity contribution in [3.8, 4) is 0 Å². The monoisotopic (exact) mass is 517 g/mol. The average molecular weight is 519 g/mol. The molecule has 170 valence electrons. The first-order chi connectivity index (χ1) is 15.2. The van der Waals surface area contributed by atoms with Gasteiger partial charge in [-0.3, -0.25) is 4.79 Å². The molecule has 0 saturated heterocycles. The number of amides is 1. The number of benzene rings is 1. The van der Waals surface area contributed by atoms with Crippen molar-refractivity contribution in [2.24, 2.45) is 0 Å². The van der Waals surface area contributed by atoms with Crippen LogP contribution < -0.4 is 21.2 Å². The van der Waals surface area contributed by atoms with Gasteiger partial charge in [0.2, 0.25) is 5.91 Å². The van der Waals surface area contributed by atoms with Crippen LogP contribution in [0.4, 0.5) is 11.5 Å². The predicted octanol–water partition coefficient (Wildman–Crippen LogP) is 4.14. The summed E-state index contributed by atoms with van der Waals surface area (Å²) in [5.41, 5.74) is 2.60. The van der Waals surface area contributed by atoms with Gasteiger partial charge in [0.25, 0.3) is 0 Å². The van der Waals surface area contributed by atoms with Gasteiger partial charge >= 0.3 is 0 Å². The fourth-order valence-corrected chi connectivity index (χ4v) is 3.23. The molecule has 32 heavy (non-hydrogen) atoms. The maximum atomic E-state index is 12.5. The van der Waals surface area contributed by atoms with Crippen molar-refractivity contribution < 1.29 is 4.79 Å². The van der Waals surface area contributed by atoms with E-state index >= 15 is 0 Å². The van der Waals surface area contributed by atoms with E-state index in [2.05, 4.69) is 43.5 Å². The van der Waals surface area contributed by atoms with E-state index in [-0.39, 0.29) is 5.91 Å². The molecule has 0 aliphatic rings. The van der Waals surface area contributed by atoms with E-state index in [1.165, 1.54) is 6.33 Å². The lowest BCUT2D eigenvalue weighted by Gasteiger charge is -2.11. The Kier molecular flexibility index (Phi) is 10.1. The highest BCUT2D eigenvalue weighted by molar-refractivity contribution is 9.10. The normalized spacial score (nSPS) is 13.6. The number of hydrogen-bond donors (Lipinski definition) is 2. The topological polar surface area (TPSA) is 70.1 Å². The molecule has 0 spiro atoms. The maximum absolute atomic E-state index is 12.5. The second-order valence-electron chi connectivity index (χ2n) is 7.41. The second-order valence-corrected chi connectivity index (χ2v) is 8.67. The number of carbonyl (C=O) groups excluding carboxylic acids is 1. The zero-order chi connectivity index (χ0) is 23.7. The SMILES string of the molecule is C/C=c1/ncnc(Nc2ccc(Cl)c(Br)c2)/c1=C/C(NC(=O)/C=C/CN(C)C)=C(\C)CC. The van der Waals surface area contributed by atoms with Crippen LogP contribution in [-0.4, -0.2) is 41.4 Å². The molecule has 0 fully saturated rings. The van der Waals surface area contributed by atoms with Crippen LogP contribution in [0.2, 0.25) is 5.02 Å². The Hall–Kier alpha value is -2.48. The molecule has 2 N–H and O–H groups in total. The fraction of sp³-hybridized carbons (Fsp3) is 0.292. The summed E-state index contributed by atoms with van der Waals surface area (Å²) in [7, 11) is 3.91. The van der Waals surface area contributed by atoms with Crippen LogP contribution in [0, 0.1) is 0 Å². The molecule has 1 aromatic carbocycles. The van der Waals surface area contributed by atoms with Gasteiger partial charge in [-0.15, -0.1) is 0 Å². The highest BCUT2D eigenvalue weighted by atomic mass is 79.9. The number of likely N-dealkylation sites (N-methyl/N-ethyl adjacent to an activating group) is 1. The van der Waals surface area contributed by atoms with E-state index < -0.39 is 0 Å². The van der Waals surface area contributed by atoms with E-state index in [4.69, 9.17) is 11.6 Å². The second kappa shape index (κ2) is 12.5. The lowest BCUT2D eigenvalue weighted by atomic mass is 10.1. The minimum Gasteiger partial charge on any atom is -0.340 e. The van der Waals surface area contributed by atoms with Crippen LogP contribution in [0.3, 0.4) is 0 Å². The summed E-state index contributed by atoms with van der Waals surface area (Å²) in [6.45, 7) is 6.66. The van der Waals surface area contributed by atoms with E-state index in [1.54, 1.807) is 12.1 Å². The molecule has 0 aliphatic heterocycles. The molecular weight excluding hydrogens is 490 g/mol. The highest BCUT2D eigenvalue weighted by Gasteiger charge is 2.07. The lowest BCUT2D eigenvalue weighted by molar-refractivity contribution is -0.115. The Morgan fingerprint density at radius 3 is 2.66 bits per heavy atom. The number of anilines is 2. The maximum Gasteiger partial charge on any atom is 0.248 e. The highest BCUT2D eigenvalue weighted by Crippen LogP contribution is 2.26. The first-order valence-electron chi connectivity index (χ1n) is 10.3. The van der Waals surface area contributed by atoms with Crippen molar-refractivity contribution in [3.05, 3.63) is 68.0 Å². The summed E-state index contributed by atoms with van der Waals surface area (Å²) < 4.78 is 0.783. The predicted molar refractivity (Wildman–Crippen MR) is 137 cm³/mol. The quantitative estimate of drug-likeness (QED) is 0.514. The number of nitrogens with one attached hydrogen (secondary N) is 2. The molecular formula is C24H29BrClN5O. The van der Waals surface area contributed by atoms with Gasteiger partial charge in [-0.2, -0.15) is 0 Å². The Balaban J connectivity index is 2.51. The Morgan fingerprint density at radius 1 is 1.28 bits per heavy atom. The first-order valence-corrected chi connectivity index (χ1v) is 11.4. The summed E-state index contributed by atoms with van der Waals surface area (Å²) in [5, 5.41) is 8.50. The van der Waals surface area contributed by atoms with E-state index in [0.29, 0.717) is 17.4 Å². The van der Waals surface area contributed by atoms with Crippen molar-refractivity contribution in [3.63, 3.8) is 0 Å². The molecule has 2 aromatic rings. The summed E-state index contributed by atoms with van der Waals surface area (Å²) >= 11 is 9.57. The van der Waals surface area contributed by atoms with Gasteiger partial charge in [-0.05, 0) is 80.1 Å². The van der Waals surface area contributed by atoms with Crippen molar-refractivity contribution in [2.45, 2.75) is 27.2 Å². The standard InChI is InChI=1S/C24H29BrClN5O/c1-6-16(3)22(30-23(32)9-8-12-31(4)5)14-18-21(7-2)27-15-28-24(18)29-17-10-11-20(26)19(25)13-17/h7-11,13-15H,6,12H2,1-5H3,(H,30,32)(H,27,28,29)/b9-8+,18-14+,21-7+,22-16-. The molecule has 0 bridgehead atoms. The van der Waals surface area contributed by atoms with E-state index in [1.807, 2.05) is 63.2 Å². The molecule has 0 unspecified atom stereocenters. The van der Waals surface area contributed by atoms with Gasteiger partial charge in [-0.25, -0.2) is 9.97 Å². The van der Waals surface area contributed by atoms with Crippen LogP contribution in [0.15, 0.2) is 52.4 Å². The lowest BCUT2D eigenvalue weighted by Crippen LogP contribution is -2.33. The molecule has 0 atom stereocenters. The third-order valence-electron chi connectivity index (χ3n) is 4.65. The molecule has 6 nitrogen and oxygen atoms in total. The molecule has 8 heteroatoms. The van der Waals surface area contributed by atoms with Crippen LogP contribution in [0.25, 0.3) is 12.2 Å². The molecule has 0 radical (unpaired) electrons. The smallest absolute Gasteiger partial charge is 0.248 e. The number of rotatable bonds is 8. The fourth-order valence-electron chi connectivity index (χ4n) is 2.74. The number of aromatic nitrogens is 2. The Morgan fingerprint density at radius 2 is 2.03 bits per heavy atom. The van der Waals surface area contributed by atoms with Crippen LogP contribution >= 0.6 is 27.5 Å². The minimum absolute atomic E-state index is 0.180. The van der Waals surface area contributed by atoms with Gasteiger partial charge in [0.15, 0.2) is 0 Å². The zero-order valence-electron chi connectivity index (χ0n) is 19.0. The van der Waals surface area contributed by atoms with Gasteiger partial charge in [0.05, 0.1) is 10.4 Å². The Bertz CT molecular complexity index is 1140. The number of nitrogens with zero attached hydrogens (tertiary/aromatic N) is 3.